The van der Waals surface area contributed by atoms with Gasteiger partial charge in [-0.3, -0.25) is 0 Å². The fraction of sp³-hybridized carbons (Fsp3) is 0.647. The van der Waals surface area contributed by atoms with Gasteiger partial charge in [0.05, 0.1) is 12.6 Å². The van der Waals surface area contributed by atoms with Crippen molar-refractivity contribution in [3.63, 3.8) is 0 Å². The Morgan fingerprint density at radius 2 is 2.14 bits per heavy atom. The highest BCUT2D eigenvalue weighted by Gasteiger charge is 2.22. The Hall–Kier alpha value is -1.13. The van der Waals surface area contributed by atoms with Crippen LogP contribution in [0.3, 0.4) is 0 Å². The number of hydrogen-bond acceptors (Lipinski definition) is 3. The first kappa shape index (κ1) is 16.2. The molecule has 1 aromatic carbocycles. The Morgan fingerprint density at radius 3 is 2.86 bits per heavy atom. The molecule has 0 bridgehead atoms. The van der Waals surface area contributed by atoms with E-state index in [0.29, 0.717) is 12.6 Å². The lowest BCUT2D eigenvalue weighted by Crippen LogP contribution is -2.38. The summed E-state index contributed by atoms with van der Waals surface area (Å²) in [5, 5.41) is 13.0. The first-order valence-electron chi connectivity index (χ1n) is 8.01. The predicted molar refractivity (Wildman–Crippen MR) is 85.1 cm³/mol. The normalized spacial score (nSPS) is 19.9. The van der Waals surface area contributed by atoms with Crippen LogP contribution in [0.1, 0.15) is 45.1 Å². The number of aliphatic hydroxyl groups is 1. The molecule has 0 radical (unpaired) electrons. The van der Waals surface area contributed by atoms with Gasteiger partial charge >= 0.3 is 0 Å². The van der Waals surface area contributed by atoms with E-state index in [4.69, 9.17) is 0 Å². The number of benzene rings is 1. The van der Waals surface area contributed by atoms with Gasteiger partial charge in [-0.1, -0.05) is 26.7 Å². The molecule has 0 aliphatic carbocycles. The molecular weight excluding hydrogens is 267 g/mol. The second kappa shape index (κ2) is 7.76. The fourth-order valence-electron chi connectivity index (χ4n) is 2.97. The number of anilines is 1. The standard InChI is InChI=1S/C17H27FN2O/c1-13(2)19-11-14-10-15(18)7-8-17(14)20-9-5-3-4-6-16(20)12-21/h7-8,10,13,16,19,21H,3-6,9,11-12H2,1-2H3. The summed E-state index contributed by atoms with van der Waals surface area (Å²) in [6.45, 7) is 5.92. The number of halogens is 1. The van der Waals surface area contributed by atoms with Gasteiger partial charge in [-0.05, 0) is 36.6 Å². The maximum Gasteiger partial charge on any atom is 0.123 e. The van der Waals surface area contributed by atoms with Crippen LogP contribution in [0.25, 0.3) is 0 Å². The van der Waals surface area contributed by atoms with Gasteiger partial charge in [0.2, 0.25) is 0 Å². The van der Waals surface area contributed by atoms with Crippen LogP contribution in [0.2, 0.25) is 0 Å². The van der Waals surface area contributed by atoms with Gasteiger partial charge in [-0.2, -0.15) is 0 Å². The molecule has 0 spiro atoms. The fourth-order valence-corrected chi connectivity index (χ4v) is 2.97. The molecule has 118 valence electrons. The zero-order valence-electron chi connectivity index (χ0n) is 13.1. The zero-order valence-corrected chi connectivity index (χ0v) is 13.1. The summed E-state index contributed by atoms with van der Waals surface area (Å²) in [6.07, 6.45) is 4.49. The van der Waals surface area contributed by atoms with Crippen LogP contribution >= 0.6 is 0 Å². The van der Waals surface area contributed by atoms with Gasteiger partial charge in [0.15, 0.2) is 0 Å². The first-order chi connectivity index (χ1) is 10.1. The van der Waals surface area contributed by atoms with Crippen LogP contribution in [-0.4, -0.2) is 30.3 Å². The SMILES string of the molecule is CC(C)NCc1cc(F)ccc1N1CCCCCC1CO. The number of nitrogens with zero attached hydrogens (tertiary/aromatic N) is 1. The van der Waals surface area contributed by atoms with E-state index < -0.39 is 0 Å². The average Bonchev–Trinajstić information content (AvgIpc) is 2.70. The molecule has 2 N–H and O–H groups in total. The molecule has 21 heavy (non-hydrogen) atoms. The van der Waals surface area contributed by atoms with Crippen molar-refractivity contribution in [2.24, 2.45) is 0 Å². The third-order valence-corrected chi connectivity index (χ3v) is 4.14. The van der Waals surface area contributed by atoms with E-state index in [0.717, 1.165) is 37.1 Å². The second-order valence-electron chi connectivity index (χ2n) is 6.19. The highest BCUT2D eigenvalue weighted by Crippen LogP contribution is 2.28. The summed E-state index contributed by atoms with van der Waals surface area (Å²) < 4.78 is 13.6. The third-order valence-electron chi connectivity index (χ3n) is 4.14. The molecule has 1 aromatic rings. The molecule has 4 heteroatoms. The molecule has 2 rings (SSSR count). The Labute approximate surface area is 127 Å². The quantitative estimate of drug-likeness (QED) is 0.876. The second-order valence-corrected chi connectivity index (χ2v) is 6.19. The average molecular weight is 294 g/mol. The number of nitrogens with one attached hydrogen (secondary N) is 1. The van der Waals surface area contributed by atoms with Gasteiger partial charge in [-0.15, -0.1) is 0 Å². The summed E-state index contributed by atoms with van der Waals surface area (Å²) in [6, 6.07) is 5.51. The van der Waals surface area contributed by atoms with E-state index in [9.17, 15) is 9.50 Å². The lowest BCUT2D eigenvalue weighted by molar-refractivity contribution is 0.255. The minimum Gasteiger partial charge on any atom is -0.394 e. The van der Waals surface area contributed by atoms with E-state index in [1.807, 2.05) is 6.07 Å². The molecule has 3 nitrogen and oxygen atoms in total. The smallest absolute Gasteiger partial charge is 0.123 e. The molecule has 1 heterocycles. The van der Waals surface area contributed by atoms with Gasteiger partial charge in [-0.25, -0.2) is 4.39 Å². The van der Waals surface area contributed by atoms with E-state index >= 15 is 0 Å². The summed E-state index contributed by atoms with van der Waals surface area (Å²) in [7, 11) is 0. The largest absolute Gasteiger partial charge is 0.394 e. The molecule has 1 saturated heterocycles. The summed E-state index contributed by atoms with van der Waals surface area (Å²) in [5.74, 6) is -0.199. The molecule has 1 unspecified atom stereocenters. The molecule has 0 saturated carbocycles. The van der Waals surface area contributed by atoms with E-state index in [1.165, 1.54) is 12.5 Å². The van der Waals surface area contributed by atoms with Crippen LogP contribution in [0.4, 0.5) is 10.1 Å². The van der Waals surface area contributed by atoms with Crippen molar-refractivity contribution in [1.82, 2.24) is 5.32 Å². The molecule has 0 amide bonds. The molecular formula is C17H27FN2O. The zero-order chi connectivity index (χ0) is 15.2. The molecule has 1 atom stereocenters. The molecule has 1 aliphatic rings. The maximum atomic E-state index is 13.6. The third kappa shape index (κ3) is 4.42. The minimum atomic E-state index is -0.199. The Balaban J connectivity index is 2.26. The van der Waals surface area contributed by atoms with Crippen molar-refractivity contribution in [3.05, 3.63) is 29.6 Å². The van der Waals surface area contributed by atoms with Crippen molar-refractivity contribution < 1.29 is 9.50 Å². The van der Waals surface area contributed by atoms with Crippen molar-refractivity contribution >= 4 is 5.69 Å². The van der Waals surface area contributed by atoms with Gasteiger partial charge < -0.3 is 15.3 Å². The van der Waals surface area contributed by atoms with E-state index in [1.54, 1.807) is 6.07 Å². The van der Waals surface area contributed by atoms with Gasteiger partial charge in [0.25, 0.3) is 0 Å². The Bertz CT molecular complexity index is 450. The highest BCUT2D eigenvalue weighted by atomic mass is 19.1. The van der Waals surface area contributed by atoms with Crippen LogP contribution in [0.15, 0.2) is 18.2 Å². The minimum absolute atomic E-state index is 0.149. The number of aliphatic hydroxyl groups excluding tert-OH is 1. The lowest BCUT2D eigenvalue weighted by atomic mass is 10.1. The van der Waals surface area contributed by atoms with E-state index in [2.05, 4.69) is 24.1 Å². The van der Waals surface area contributed by atoms with Crippen LogP contribution in [-0.2, 0) is 6.54 Å². The van der Waals surface area contributed by atoms with Crippen molar-refractivity contribution in [1.29, 1.82) is 0 Å². The van der Waals surface area contributed by atoms with Crippen molar-refractivity contribution in [3.8, 4) is 0 Å². The van der Waals surface area contributed by atoms with Gasteiger partial charge in [0, 0.05) is 24.8 Å². The van der Waals surface area contributed by atoms with Crippen molar-refractivity contribution in [2.45, 2.75) is 58.2 Å². The Morgan fingerprint density at radius 1 is 1.33 bits per heavy atom. The monoisotopic (exact) mass is 294 g/mol. The van der Waals surface area contributed by atoms with Crippen LogP contribution < -0.4 is 10.2 Å². The Kier molecular flexibility index (Phi) is 6.00. The van der Waals surface area contributed by atoms with Crippen LogP contribution in [0, 0.1) is 5.82 Å². The summed E-state index contributed by atoms with van der Waals surface area (Å²) in [4.78, 5) is 2.27. The first-order valence-corrected chi connectivity index (χ1v) is 8.01. The highest BCUT2D eigenvalue weighted by molar-refractivity contribution is 5.55. The predicted octanol–water partition coefficient (Wildman–Crippen LogP) is 3.07. The summed E-state index contributed by atoms with van der Waals surface area (Å²) >= 11 is 0. The molecule has 1 fully saturated rings. The van der Waals surface area contributed by atoms with Crippen molar-refractivity contribution in [2.75, 3.05) is 18.1 Å². The number of rotatable bonds is 5. The maximum absolute atomic E-state index is 13.6. The lowest BCUT2D eigenvalue weighted by Gasteiger charge is -2.33. The van der Waals surface area contributed by atoms with E-state index in [-0.39, 0.29) is 18.5 Å². The van der Waals surface area contributed by atoms with Crippen LogP contribution in [0.5, 0.6) is 0 Å². The molecule has 0 aromatic heterocycles. The molecule has 1 aliphatic heterocycles. The van der Waals surface area contributed by atoms with Gasteiger partial charge in [0.1, 0.15) is 5.82 Å². The number of hydrogen-bond donors (Lipinski definition) is 2. The summed E-state index contributed by atoms with van der Waals surface area (Å²) in [5.41, 5.74) is 2.04. The topological polar surface area (TPSA) is 35.5 Å².